The molecular weight excluding hydrogens is 394 g/mol. The van der Waals surface area contributed by atoms with Crippen LogP contribution in [0.25, 0.3) is 0 Å². The van der Waals surface area contributed by atoms with Crippen LogP contribution in [-0.4, -0.2) is 33.5 Å². The number of ketones is 1. The molecule has 1 aromatic heterocycles. The number of anilines is 1. The first-order chi connectivity index (χ1) is 14.9. The number of aromatic nitrogens is 2. The van der Waals surface area contributed by atoms with Crippen molar-refractivity contribution in [3.05, 3.63) is 83.6 Å². The first kappa shape index (κ1) is 22.0. The molecule has 0 saturated heterocycles. The van der Waals surface area contributed by atoms with Gasteiger partial charge in [0, 0.05) is 17.2 Å². The zero-order chi connectivity index (χ0) is 22.4. The molecule has 0 bridgehead atoms. The second-order valence-electron chi connectivity index (χ2n) is 7.23. The van der Waals surface area contributed by atoms with Crippen LogP contribution < -0.4 is 5.32 Å². The predicted molar refractivity (Wildman–Crippen MR) is 117 cm³/mol. The Kier molecular flexibility index (Phi) is 6.97. The van der Waals surface area contributed by atoms with E-state index in [9.17, 15) is 14.4 Å². The van der Waals surface area contributed by atoms with Gasteiger partial charge in [0.15, 0.2) is 11.9 Å². The quantitative estimate of drug-likeness (QED) is 0.435. The van der Waals surface area contributed by atoms with Crippen molar-refractivity contribution in [2.75, 3.05) is 5.32 Å². The van der Waals surface area contributed by atoms with Crippen LogP contribution in [0.5, 0.6) is 0 Å². The van der Waals surface area contributed by atoms with Gasteiger partial charge in [-0.25, -0.2) is 9.48 Å². The first-order valence-corrected chi connectivity index (χ1v) is 10.2. The van der Waals surface area contributed by atoms with Gasteiger partial charge in [-0.15, -0.1) is 0 Å². The SMILES string of the molecule is CC[C@@H](C)n1nccc1NC(=O)[C@@H](C)OC(=O)c1ccc(C(=O)c2ccccc2)cc1. The minimum atomic E-state index is -1.00. The molecule has 0 aliphatic carbocycles. The summed E-state index contributed by atoms with van der Waals surface area (Å²) in [6.07, 6.45) is 1.47. The van der Waals surface area contributed by atoms with Crippen LogP contribution in [0.15, 0.2) is 66.9 Å². The van der Waals surface area contributed by atoms with Gasteiger partial charge in [-0.1, -0.05) is 49.4 Å². The van der Waals surface area contributed by atoms with Crippen LogP contribution in [0, 0.1) is 0 Å². The zero-order valence-corrected chi connectivity index (χ0v) is 17.7. The third-order valence-electron chi connectivity index (χ3n) is 5.00. The number of esters is 1. The largest absolute Gasteiger partial charge is 0.449 e. The number of nitrogens with zero attached hydrogens (tertiary/aromatic N) is 2. The van der Waals surface area contributed by atoms with Crippen molar-refractivity contribution in [2.24, 2.45) is 0 Å². The third-order valence-corrected chi connectivity index (χ3v) is 5.00. The standard InChI is InChI=1S/C24H25N3O4/c1-4-16(2)27-21(14-15-25-27)26-23(29)17(3)31-24(30)20-12-10-19(11-13-20)22(28)18-8-6-5-7-9-18/h5-17H,4H2,1-3H3,(H,26,29)/t16-,17-/m1/s1. The molecule has 31 heavy (non-hydrogen) atoms. The van der Waals surface area contributed by atoms with E-state index in [4.69, 9.17) is 4.74 Å². The van der Waals surface area contributed by atoms with Gasteiger partial charge in [0.1, 0.15) is 5.82 Å². The molecule has 2 atom stereocenters. The molecule has 7 nitrogen and oxygen atoms in total. The highest BCUT2D eigenvalue weighted by atomic mass is 16.5. The monoisotopic (exact) mass is 419 g/mol. The average molecular weight is 419 g/mol. The molecule has 7 heteroatoms. The number of hydrogen-bond acceptors (Lipinski definition) is 5. The maximum absolute atomic E-state index is 12.5. The zero-order valence-electron chi connectivity index (χ0n) is 17.7. The van der Waals surface area contributed by atoms with Crippen molar-refractivity contribution in [1.82, 2.24) is 9.78 Å². The van der Waals surface area contributed by atoms with Crippen LogP contribution in [0.4, 0.5) is 5.82 Å². The van der Waals surface area contributed by atoms with E-state index in [1.165, 1.54) is 19.1 Å². The summed E-state index contributed by atoms with van der Waals surface area (Å²) >= 11 is 0. The topological polar surface area (TPSA) is 90.3 Å². The van der Waals surface area contributed by atoms with Crippen LogP contribution in [0.3, 0.4) is 0 Å². The molecule has 160 valence electrons. The lowest BCUT2D eigenvalue weighted by Gasteiger charge is -2.17. The van der Waals surface area contributed by atoms with Gasteiger partial charge in [0.05, 0.1) is 17.8 Å². The minimum Gasteiger partial charge on any atom is -0.449 e. The van der Waals surface area contributed by atoms with E-state index in [-0.39, 0.29) is 17.4 Å². The molecule has 1 N–H and O–H groups in total. The van der Waals surface area contributed by atoms with Crippen LogP contribution in [0.1, 0.15) is 59.5 Å². The molecule has 0 spiro atoms. The van der Waals surface area contributed by atoms with Crippen LogP contribution >= 0.6 is 0 Å². The Morgan fingerprint density at radius 3 is 2.19 bits per heavy atom. The van der Waals surface area contributed by atoms with E-state index in [1.807, 2.05) is 19.9 Å². The van der Waals surface area contributed by atoms with Crippen molar-refractivity contribution < 1.29 is 19.1 Å². The summed E-state index contributed by atoms with van der Waals surface area (Å²) in [4.78, 5) is 37.4. The first-order valence-electron chi connectivity index (χ1n) is 10.2. The van der Waals surface area contributed by atoms with Crippen molar-refractivity contribution in [3.63, 3.8) is 0 Å². The van der Waals surface area contributed by atoms with Gasteiger partial charge in [-0.3, -0.25) is 9.59 Å². The summed E-state index contributed by atoms with van der Waals surface area (Å²) in [5.41, 5.74) is 1.29. The Bertz CT molecular complexity index is 1060. The number of ether oxygens (including phenoxy) is 1. The number of carbonyl (C=O) groups is 3. The van der Waals surface area contributed by atoms with E-state index in [2.05, 4.69) is 10.4 Å². The van der Waals surface area contributed by atoms with Crippen LogP contribution in [-0.2, 0) is 9.53 Å². The molecule has 0 aliphatic rings. The number of amides is 1. The van der Waals surface area contributed by atoms with E-state index in [0.29, 0.717) is 16.9 Å². The van der Waals surface area contributed by atoms with Gasteiger partial charge in [0.2, 0.25) is 0 Å². The predicted octanol–water partition coefficient (Wildman–Crippen LogP) is 4.27. The van der Waals surface area contributed by atoms with Crippen molar-refractivity contribution in [3.8, 4) is 0 Å². The van der Waals surface area contributed by atoms with Gasteiger partial charge in [-0.05, 0) is 32.4 Å². The van der Waals surface area contributed by atoms with Crippen molar-refractivity contribution in [2.45, 2.75) is 39.3 Å². The third kappa shape index (κ3) is 5.25. The second kappa shape index (κ2) is 9.84. The summed E-state index contributed by atoms with van der Waals surface area (Å²) in [6.45, 7) is 5.53. The smallest absolute Gasteiger partial charge is 0.338 e. The Morgan fingerprint density at radius 1 is 0.935 bits per heavy atom. The number of rotatable bonds is 8. The molecule has 0 saturated carbocycles. The Hall–Kier alpha value is -3.74. The van der Waals surface area contributed by atoms with E-state index in [1.54, 1.807) is 53.3 Å². The second-order valence-corrected chi connectivity index (χ2v) is 7.23. The van der Waals surface area contributed by atoms with Crippen LogP contribution in [0.2, 0.25) is 0 Å². The fourth-order valence-corrected chi connectivity index (χ4v) is 2.96. The fourth-order valence-electron chi connectivity index (χ4n) is 2.96. The number of benzene rings is 2. The Balaban J connectivity index is 1.61. The molecule has 0 fully saturated rings. The van der Waals surface area contributed by atoms with Gasteiger partial charge < -0.3 is 10.1 Å². The minimum absolute atomic E-state index is 0.125. The molecule has 3 aromatic rings. The van der Waals surface area contributed by atoms with E-state index < -0.39 is 18.0 Å². The maximum atomic E-state index is 12.5. The van der Waals surface area contributed by atoms with Crippen molar-refractivity contribution in [1.29, 1.82) is 0 Å². The summed E-state index contributed by atoms with van der Waals surface area (Å²) in [7, 11) is 0. The highest BCUT2D eigenvalue weighted by molar-refractivity contribution is 6.09. The molecule has 0 radical (unpaired) electrons. The Labute approximate surface area is 181 Å². The molecule has 0 aliphatic heterocycles. The lowest BCUT2D eigenvalue weighted by atomic mass is 10.0. The number of nitrogens with one attached hydrogen (secondary N) is 1. The highest BCUT2D eigenvalue weighted by Crippen LogP contribution is 2.17. The Morgan fingerprint density at radius 2 is 1.55 bits per heavy atom. The lowest BCUT2D eigenvalue weighted by Crippen LogP contribution is -2.31. The summed E-state index contributed by atoms with van der Waals surface area (Å²) in [6, 6.07) is 16.9. The lowest BCUT2D eigenvalue weighted by molar-refractivity contribution is -0.123. The molecule has 2 aromatic carbocycles. The van der Waals surface area contributed by atoms with Gasteiger partial charge in [0.25, 0.3) is 5.91 Å². The molecule has 0 unspecified atom stereocenters. The molecule has 1 amide bonds. The van der Waals surface area contributed by atoms with Gasteiger partial charge in [-0.2, -0.15) is 5.10 Å². The number of carbonyl (C=O) groups excluding carboxylic acids is 3. The summed E-state index contributed by atoms with van der Waals surface area (Å²) < 4.78 is 7.01. The average Bonchev–Trinajstić information content (AvgIpc) is 3.26. The maximum Gasteiger partial charge on any atom is 0.338 e. The highest BCUT2D eigenvalue weighted by Gasteiger charge is 2.21. The summed E-state index contributed by atoms with van der Waals surface area (Å²) in [5.74, 6) is -0.678. The molecule has 3 rings (SSSR count). The van der Waals surface area contributed by atoms with E-state index in [0.717, 1.165) is 6.42 Å². The normalized spacial score (nSPS) is 12.6. The van der Waals surface area contributed by atoms with E-state index >= 15 is 0 Å². The summed E-state index contributed by atoms with van der Waals surface area (Å²) in [5, 5.41) is 6.96. The van der Waals surface area contributed by atoms with Crippen molar-refractivity contribution >= 4 is 23.5 Å². The molecule has 1 heterocycles. The molecular formula is C24H25N3O4. The fraction of sp³-hybridized carbons (Fsp3) is 0.250. The number of hydrogen-bond donors (Lipinski definition) is 1. The van der Waals surface area contributed by atoms with Gasteiger partial charge >= 0.3 is 5.97 Å².